The van der Waals surface area contributed by atoms with Gasteiger partial charge in [0.25, 0.3) is 0 Å². The van der Waals surface area contributed by atoms with Crippen molar-refractivity contribution in [2.75, 3.05) is 0 Å². The monoisotopic (exact) mass is 581 g/mol. The molecule has 0 bridgehead atoms. The van der Waals surface area contributed by atoms with Gasteiger partial charge in [0.15, 0.2) is 0 Å². The van der Waals surface area contributed by atoms with Crippen molar-refractivity contribution >= 4 is 68.5 Å². The van der Waals surface area contributed by atoms with Crippen LogP contribution in [0.25, 0.3) is 11.0 Å². The van der Waals surface area contributed by atoms with Gasteiger partial charge in [-0.2, -0.15) is 0 Å². The number of nitrogens with zero attached hydrogens (tertiary/aromatic N) is 1. The molecule has 0 radical (unpaired) electrons. The fourth-order valence-electron chi connectivity index (χ4n) is 1.50. The van der Waals surface area contributed by atoms with Crippen molar-refractivity contribution in [2.45, 2.75) is -0.511 Å². The number of aromatic nitrogens is 2. The van der Waals surface area contributed by atoms with Crippen LogP contribution in [0.3, 0.4) is 0 Å². The molecule has 2 nitrogen and oxygen atoms in total. The third-order valence-electron chi connectivity index (χ3n) is 2.34. The van der Waals surface area contributed by atoms with Crippen molar-refractivity contribution in [2.24, 2.45) is 0 Å². The second-order valence-electron chi connectivity index (χ2n) is 3.13. The summed E-state index contributed by atoms with van der Waals surface area (Å²) < 4.78 is 3.00. The summed E-state index contributed by atoms with van der Waals surface area (Å²) in [6.07, 6.45) is 4.26. The molecule has 0 spiro atoms. The van der Waals surface area contributed by atoms with E-state index in [1.54, 1.807) is 1.97 Å². The number of nitrogens with one attached hydrogen (secondary N) is 1. The van der Waals surface area contributed by atoms with Gasteiger partial charge >= 0.3 is 155 Å². The van der Waals surface area contributed by atoms with Crippen molar-refractivity contribution in [3.05, 3.63) is 24.0 Å². The molecule has 0 amide bonds. The van der Waals surface area contributed by atoms with Crippen LogP contribution in [0.4, 0.5) is 0 Å². The van der Waals surface area contributed by atoms with Gasteiger partial charge in [-0.3, -0.25) is 0 Å². The van der Waals surface area contributed by atoms with E-state index >= 15 is 0 Å². The van der Waals surface area contributed by atoms with Crippen LogP contribution in [0.15, 0.2) is 18.5 Å². The molecule has 0 fully saturated rings. The van der Waals surface area contributed by atoms with E-state index in [2.05, 4.69) is 22.2 Å². The Morgan fingerprint density at radius 2 is 2.46 bits per heavy atom. The van der Waals surface area contributed by atoms with Crippen LogP contribution in [0.2, 0.25) is 0 Å². The number of H-pyrrole nitrogens is 1. The van der Waals surface area contributed by atoms with E-state index in [1.807, 2.05) is 6.20 Å². The molecule has 0 aliphatic heterocycles. The van der Waals surface area contributed by atoms with Crippen LogP contribution in [0.5, 0.6) is 0 Å². The third kappa shape index (κ3) is 3.09. The first-order chi connectivity index (χ1) is 6.35. The molecular formula is C8H7LaN2RaRb. The molecule has 2 aromatic rings. The van der Waals surface area contributed by atoms with E-state index in [0.717, 1.165) is 93.9 Å². The molecule has 0 unspecified atom stereocenters. The maximum absolute atomic E-state index is 4.46. The molecule has 0 aliphatic carbocycles. The number of rotatable bonds is 2. The Morgan fingerprint density at radius 1 is 1.62 bits per heavy atom. The molecular weight excluding hydrogens is 574 g/mol. The molecule has 2 aromatic heterocycles. The third-order valence-corrected chi connectivity index (χ3v) is 26.4. The number of fused-ring (bicyclic) bond motifs is 1. The number of aromatic amines is 1. The summed E-state index contributed by atoms with van der Waals surface area (Å²) in [5.41, 5.74) is 2.58. The molecule has 55 valence electrons. The summed E-state index contributed by atoms with van der Waals surface area (Å²) >= 11 is 1.16. The minimum atomic E-state index is -0.410. The van der Waals surface area contributed by atoms with E-state index in [1.165, 1.54) is 10.4 Å². The van der Waals surface area contributed by atoms with Gasteiger partial charge in [-0.15, -0.1) is 0 Å². The van der Waals surface area contributed by atoms with E-state index in [4.69, 9.17) is 0 Å². The molecule has 0 aromatic carbocycles. The van der Waals surface area contributed by atoms with E-state index < -0.39 is 19.9 Å². The quantitative estimate of drug-likeness (QED) is 0.538. The van der Waals surface area contributed by atoms with Gasteiger partial charge in [-0.25, -0.2) is 0 Å². The minimum absolute atomic E-state index is 0.410. The van der Waals surface area contributed by atoms with Gasteiger partial charge in [0.2, 0.25) is 0 Å². The Balaban J connectivity index is 2.64. The molecule has 0 saturated heterocycles. The van der Waals surface area contributed by atoms with Crippen molar-refractivity contribution < 1.29 is 52.6 Å². The van der Waals surface area contributed by atoms with E-state index in [-0.39, 0.29) is 0 Å². The Kier molecular flexibility index (Phi) is 6.00. The molecule has 2 rings (SSSR count). The molecule has 13 heavy (non-hydrogen) atoms. The average Bonchev–Trinajstić information content (AvgIpc) is 2.59. The molecule has 1 N–H and O–H groups in total. The Hall–Kier alpha value is 3.16. The molecule has 2 heterocycles. The van der Waals surface area contributed by atoms with E-state index in [0.29, 0.717) is 0 Å². The first-order valence-electron chi connectivity index (χ1n) is 4.60. The molecule has 0 aliphatic rings. The zero-order valence-electron chi connectivity index (χ0n) is 7.96. The van der Waals surface area contributed by atoms with Crippen LogP contribution in [-0.2, 0) is -0.511 Å². The summed E-state index contributed by atoms with van der Waals surface area (Å²) in [5, 5.41) is 1.46. The van der Waals surface area contributed by atoms with Gasteiger partial charge in [-0.05, 0) is 0 Å². The van der Waals surface area contributed by atoms with Crippen LogP contribution in [0, 0.1) is 52.6 Å². The second-order valence-corrected chi connectivity index (χ2v) is 25.9. The first kappa shape index (κ1) is 12.6. The summed E-state index contributed by atoms with van der Waals surface area (Å²) in [7, 11) is 0. The maximum atomic E-state index is 4.46. The van der Waals surface area contributed by atoms with Gasteiger partial charge < -0.3 is 0 Å². The Bertz CT molecular complexity index is 429. The van der Waals surface area contributed by atoms with Crippen molar-refractivity contribution in [1.29, 1.82) is 0 Å². The van der Waals surface area contributed by atoms with Crippen LogP contribution >= 0.6 is 0 Å². The Morgan fingerprint density at radius 3 is 3.15 bits per heavy atom. The standard InChI is InChI=1S/C8H6N2.La.Ra.Rb.H/c1-6-4-7-2-3-9-8(7)10-5-6;;;;/h3-5H,1H2,(H,9,10);;;;. The summed E-state index contributed by atoms with van der Waals surface area (Å²) in [6.45, 7) is 0. The van der Waals surface area contributed by atoms with Crippen molar-refractivity contribution in [3.8, 4) is 0 Å². The fourth-order valence-corrected chi connectivity index (χ4v) is 19.2. The SMILES string of the molecule is [Rb][CH2]c1cnc2[nH]c[c]([La][RaH])c2c1. The fraction of sp³-hybridized carbons (Fsp3) is 0.125. The van der Waals surface area contributed by atoms with Crippen molar-refractivity contribution in [1.82, 2.24) is 9.97 Å². The molecule has 5 heteroatoms. The number of hydrogen-bond acceptors (Lipinski definition) is 1. The van der Waals surface area contributed by atoms with Gasteiger partial charge in [0, 0.05) is 0 Å². The number of hydrogen-bond donors (Lipinski definition) is 1. The van der Waals surface area contributed by atoms with Crippen molar-refractivity contribution in [3.63, 3.8) is 0 Å². The first-order valence-corrected chi connectivity index (χ1v) is 48.1. The Labute approximate surface area is 149 Å². The average molecular weight is 582 g/mol. The zero-order chi connectivity index (χ0) is 9.26. The van der Waals surface area contributed by atoms with Gasteiger partial charge in [0.1, 0.15) is 0 Å². The molecule has 0 atom stereocenters. The van der Waals surface area contributed by atoms with Crippen LogP contribution in [0.1, 0.15) is 5.56 Å². The zero-order valence-corrected chi connectivity index (χ0v) is 24.7. The van der Waals surface area contributed by atoms with E-state index in [9.17, 15) is 0 Å². The van der Waals surface area contributed by atoms with Crippen LogP contribution < -0.4 is 1.97 Å². The summed E-state index contributed by atoms with van der Waals surface area (Å²) in [5.74, 6) is 0. The second kappa shape index (κ2) is 6.19. The summed E-state index contributed by atoms with van der Waals surface area (Å²) in [4.78, 5) is 7.74. The van der Waals surface area contributed by atoms with Gasteiger partial charge in [-0.1, -0.05) is 0 Å². The topological polar surface area (TPSA) is 28.7 Å². The van der Waals surface area contributed by atoms with Gasteiger partial charge in [0.05, 0.1) is 0 Å². The predicted molar refractivity (Wildman–Crippen MR) is 46.6 cm³/mol. The summed E-state index contributed by atoms with van der Waals surface area (Å²) in [6, 6.07) is 2.38. The number of pyridine rings is 1. The van der Waals surface area contributed by atoms with Crippen LogP contribution in [-0.4, -0.2) is 65.5 Å². The normalized spacial score (nSPS) is 10.2. The molecule has 0 saturated carbocycles. The predicted octanol–water partition coefficient (Wildman–Crippen LogP) is 0.138.